The Bertz CT molecular complexity index is 2790. The van der Waals surface area contributed by atoms with Crippen LogP contribution >= 0.6 is 0 Å². The molecule has 0 N–H and O–H groups in total. The van der Waals surface area contributed by atoms with E-state index in [0.29, 0.717) is 11.1 Å². The molecule has 9 aromatic rings. The Labute approximate surface area is 323 Å². The molecular weight excluding hydrogens is 653 g/mol. The first-order valence-electron chi connectivity index (χ1n) is 20.1. The van der Waals surface area contributed by atoms with Gasteiger partial charge in [0.25, 0.3) is 0 Å². The Balaban J connectivity index is 1.08. The Hall–Kier alpha value is -7.16. The third-order valence-corrected chi connectivity index (χ3v) is 9.72. The van der Waals surface area contributed by atoms with Gasteiger partial charge in [-0.25, -0.2) is 0 Å². The number of benzene rings is 9. The highest BCUT2D eigenvalue weighted by atomic mass is 15.1. The van der Waals surface area contributed by atoms with Crippen molar-refractivity contribution in [1.82, 2.24) is 0 Å². The Kier molecular flexibility index (Phi) is 7.81. The Morgan fingerprint density at radius 3 is 1.22 bits per heavy atom. The fraction of sp³-hybridized carbons (Fsp3) is 0. The molecule has 0 amide bonds. The summed E-state index contributed by atoms with van der Waals surface area (Å²) in [6.07, 6.45) is 0. The molecule has 0 atom stereocenters. The van der Waals surface area contributed by atoms with E-state index in [1.807, 2.05) is 103 Å². The number of fused-ring (bicyclic) bond motifs is 1. The second kappa shape index (κ2) is 14.8. The second-order valence-electron chi connectivity index (χ2n) is 13.1. The van der Waals surface area contributed by atoms with E-state index >= 15 is 0 Å². The monoisotopic (exact) mass is 694 g/mol. The van der Waals surface area contributed by atoms with Gasteiger partial charge in [0, 0.05) is 34.0 Å². The SMILES string of the molecule is [2H]c1c([2H])c(-c2ccc(N(c3ccccc3)c3ccccc3-c3cccc4ccccc34)cc2)c([2H])c([2H])c1-c1ccc(N(c2ccccc2)c2ccccc2)cc1. The molecule has 0 aliphatic rings. The third kappa shape index (κ3) is 6.53. The van der Waals surface area contributed by atoms with Crippen molar-refractivity contribution in [3.8, 4) is 33.4 Å². The van der Waals surface area contributed by atoms with Crippen molar-refractivity contribution in [2.45, 2.75) is 0 Å². The van der Waals surface area contributed by atoms with E-state index < -0.39 is 0 Å². The zero-order valence-corrected chi connectivity index (χ0v) is 29.5. The van der Waals surface area contributed by atoms with Crippen molar-refractivity contribution in [1.29, 1.82) is 0 Å². The van der Waals surface area contributed by atoms with Gasteiger partial charge in [0.05, 0.1) is 11.2 Å². The van der Waals surface area contributed by atoms with Gasteiger partial charge >= 0.3 is 0 Å². The molecule has 0 aromatic heterocycles. The topological polar surface area (TPSA) is 6.48 Å². The zero-order valence-electron chi connectivity index (χ0n) is 33.5. The van der Waals surface area contributed by atoms with E-state index in [2.05, 4.69) is 113 Å². The first kappa shape index (κ1) is 28.4. The molecule has 9 aromatic carbocycles. The van der Waals surface area contributed by atoms with Crippen LogP contribution in [0.15, 0.2) is 230 Å². The fourth-order valence-electron chi connectivity index (χ4n) is 7.12. The minimum atomic E-state index is -0.0794. The summed E-state index contributed by atoms with van der Waals surface area (Å²) in [5.74, 6) is 0. The molecule has 256 valence electrons. The Morgan fingerprint density at radius 1 is 0.278 bits per heavy atom. The van der Waals surface area contributed by atoms with E-state index in [1.165, 1.54) is 10.8 Å². The summed E-state index contributed by atoms with van der Waals surface area (Å²) >= 11 is 0. The van der Waals surface area contributed by atoms with Crippen molar-refractivity contribution >= 4 is 44.9 Å². The van der Waals surface area contributed by atoms with Gasteiger partial charge in [-0.2, -0.15) is 0 Å². The van der Waals surface area contributed by atoms with Crippen LogP contribution < -0.4 is 9.80 Å². The molecule has 0 fully saturated rings. The van der Waals surface area contributed by atoms with Gasteiger partial charge < -0.3 is 9.80 Å². The first-order chi connectivity index (χ1) is 28.5. The van der Waals surface area contributed by atoms with Crippen LogP contribution in [-0.2, 0) is 0 Å². The molecule has 2 heteroatoms. The molecule has 0 saturated heterocycles. The van der Waals surface area contributed by atoms with Crippen LogP contribution in [0.1, 0.15) is 5.48 Å². The van der Waals surface area contributed by atoms with Crippen LogP contribution in [0.25, 0.3) is 44.2 Å². The number of anilines is 6. The molecule has 0 aliphatic heterocycles. The Morgan fingerprint density at radius 2 is 0.667 bits per heavy atom. The standard InChI is InChI=1S/C52H38N2/c1-4-17-44(18-5-1)53(45-19-6-2-7-20-45)47-35-31-41(32-36-47)39-27-29-40(30-28-39)42-33-37-48(38-34-42)54(46-21-8-3-9-22-46)52-26-13-12-24-51(52)50-25-14-16-43-15-10-11-23-49(43)50/h1-38H/i27D,28D,29D,30D. The van der Waals surface area contributed by atoms with E-state index in [1.54, 1.807) is 0 Å². The van der Waals surface area contributed by atoms with Crippen LogP contribution in [-0.4, -0.2) is 0 Å². The average molecular weight is 695 g/mol. The summed E-state index contributed by atoms with van der Waals surface area (Å²) in [5.41, 5.74) is 9.79. The molecule has 9 rings (SSSR count). The van der Waals surface area contributed by atoms with Gasteiger partial charge in [0.2, 0.25) is 0 Å². The third-order valence-electron chi connectivity index (χ3n) is 9.72. The van der Waals surface area contributed by atoms with Gasteiger partial charge in [0.15, 0.2) is 0 Å². The highest BCUT2D eigenvalue weighted by Crippen LogP contribution is 2.43. The predicted octanol–water partition coefficient (Wildman–Crippen LogP) is 14.8. The van der Waals surface area contributed by atoms with Gasteiger partial charge in [-0.15, -0.1) is 0 Å². The zero-order chi connectivity index (χ0) is 39.6. The fourth-order valence-corrected chi connectivity index (χ4v) is 7.12. The highest BCUT2D eigenvalue weighted by Gasteiger charge is 2.18. The molecule has 0 saturated carbocycles. The summed E-state index contributed by atoms with van der Waals surface area (Å²) in [4.78, 5) is 4.37. The van der Waals surface area contributed by atoms with E-state index in [4.69, 9.17) is 2.74 Å². The normalized spacial score (nSPS) is 12.0. The van der Waals surface area contributed by atoms with Crippen LogP contribution in [0, 0.1) is 0 Å². The lowest BCUT2D eigenvalue weighted by atomic mass is 9.96. The van der Waals surface area contributed by atoms with Gasteiger partial charge in [-0.1, -0.05) is 164 Å². The average Bonchev–Trinajstić information content (AvgIpc) is 3.28. The largest absolute Gasteiger partial charge is 0.311 e. The minimum Gasteiger partial charge on any atom is -0.311 e. The van der Waals surface area contributed by atoms with E-state index in [0.717, 1.165) is 45.3 Å². The summed E-state index contributed by atoms with van der Waals surface area (Å²) in [5, 5.41) is 2.34. The van der Waals surface area contributed by atoms with Crippen LogP contribution in [0.3, 0.4) is 0 Å². The van der Waals surface area contributed by atoms with Crippen LogP contribution in [0.4, 0.5) is 34.1 Å². The maximum Gasteiger partial charge on any atom is 0.0629 e. The summed E-state index contributed by atoms with van der Waals surface area (Å²) in [7, 11) is 0. The maximum atomic E-state index is 9.18. The predicted molar refractivity (Wildman–Crippen MR) is 230 cm³/mol. The number of hydrogen-bond donors (Lipinski definition) is 0. The summed E-state index contributed by atoms with van der Waals surface area (Å²) < 4.78 is 36.7. The van der Waals surface area contributed by atoms with Crippen molar-refractivity contribution < 1.29 is 5.48 Å². The second-order valence-corrected chi connectivity index (χ2v) is 13.1. The van der Waals surface area contributed by atoms with Crippen molar-refractivity contribution in [2.24, 2.45) is 0 Å². The molecule has 0 bridgehead atoms. The minimum absolute atomic E-state index is 0.0780. The van der Waals surface area contributed by atoms with Crippen molar-refractivity contribution in [3.05, 3.63) is 230 Å². The van der Waals surface area contributed by atoms with Crippen molar-refractivity contribution in [3.63, 3.8) is 0 Å². The van der Waals surface area contributed by atoms with E-state index in [-0.39, 0.29) is 35.3 Å². The number of nitrogens with zero attached hydrogens (tertiary/aromatic N) is 2. The molecule has 0 heterocycles. The molecule has 2 nitrogen and oxygen atoms in total. The summed E-state index contributed by atoms with van der Waals surface area (Å²) in [6.45, 7) is 0. The smallest absolute Gasteiger partial charge is 0.0629 e. The lowest BCUT2D eigenvalue weighted by Gasteiger charge is -2.28. The lowest BCUT2D eigenvalue weighted by molar-refractivity contribution is 1.28. The van der Waals surface area contributed by atoms with Crippen molar-refractivity contribution in [2.75, 3.05) is 9.80 Å². The molecule has 0 unspecified atom stereocenters. The molecular formula is C52H38N2. The van der Waals surface area contributed by atoms with Crippen LogP contribution in [0.5, 0.6) is 0 Å². The lowest BCUT2D eigenvalue weighted by Crippen LogP contribution is -2.11. The molecule has 0 aliphatic carbocycles. The first-order valence-corrected chi connectivity index (χ1v) is 18.1. The van der Waals surface area contributed by atoms with Gasteiger partial charge in [-0.05, 0) is 105 Å². The number of rotatable bonds is 9. The van der Waals surface area contributed by atoms with Gasteiger partial charge in [-0.3, -0.25) is 0 Å². The molecule has 54 heavy (non-hydrogen) atoms. The molecule has 0 radical (unpaired) electrons. The highest BCUT2D eigenvalue weighted by molar-refractivity contribution is 6.01. The molecule has 0 spiro atoms. The number of hydrogen-bond acceptors (Lipinski definition) is 2. The summed E-state index contributed by atoms with van der Waals surface area (Å²) in [6, 6.07) is 68.8. The quantitative estimate of drug-likeness (QED) is 0.148. The maximum absolute atomic E-state index is 9.18. The number of para-hydroxylation sites is 4. The van der Waals surface area contributed by atoms with E-state index in [9.17, 15) is 2.74 Å². The van der Waals surface area contributed by atoms with Gasteiger partial charge in [0.1, 0.15) is 0 Å². The van der Waals surface area contributed by atoms with Crippen LogP contribution in [0.2, 0.25) is 0 Å².